The summed E-state index contributed by atoms with van der Waals surface area (Å²) in [5.41, 5.74) is 1.05. The maximum Gasteiger partial charge on any atom is 0.335 e. The number of ether oxygens (including phenoxy) is 1. The predicted molar refractivity (Wildman–Crippen MR) is 104 cm³/mol. The number of hydrogen-bond donors (Lipinski definition) is 2. The molecule has 1 aliphatic heterocycles. The summed E-state index contributed by atoms with van der Waals surface area (Å²) in [4.78, 5) is 38.0. The molecular weight excluding hydrogens is 360 g/mol. The molecule has 2 aromatic rings. The van der Waals surface area contributed by atoms with Gasteiger partial charge in [0.15, 0.2) is 0 Å². The largest absolute Gasteiger partial charge is 0.495 e. The van der Waals surface area contributed by atoms with Crippen molar-refractivity contribution in [3.8, 4) is 5.75 Å². The molecule has 1 fully saturated rings. The molecule has 0 unspecified atom stereocenters. The molecule has 0 atom stereocenters. The average molecular weight is 382 g/mol. The van der Waals surface area contributed by atoms with Gasteiger partial charge in [-0.3, -0.25) is 9.59 Å². The molecule has 0 bridgehead atoms. The fourth-order valence-corrected chi connectivity index (χ4v) is 3.30. The third kappa shape index (κ3) is 4.31. The van der Waals surface area contributed by atoms with Crippen LogP contribution in [0.2, 0.25) is 0 Å². The number of benzene rings is 2. The van der Waals surface area contributed by atoms with E-state index in [-0.39, 0.29) is 23.3 Å². The Bertz CT molecular complexity index is 888. The van der Waals surface area contributed by atoms with Crippen LogP contribution in [0.3, 0.4) is 0 Å². The van der Waals surface area contributed by atoms with Crippen molar-refractivity contribution in [3.63, 3.8) is 0 Å². The van der Waals surface area contributed by atoms with Gasteiger partial charge in [0.2, 0.25) is 5.91 Å². The van der Waals surface area contributed by atoms with Crippen LogP contribution in [-0.4, -0.2) is 48.0 Å². The number of rotatable bonds is 5. The van der Waals surface area contributed by atoms with E-state index in [9.17, 15) is 14.4 Å². The lowest BCUT2D eigenvalue weighted by atomic mass is 9.95. The minimum absolute atomic E-state index is 0.0805. The van der Waals surface area contributed by atoms with E-state index in [0.717, 1.165) is 0 Å². The Labute approximate surface area is 162 Å². The topological polar surface area (TPSA) is 95.9 Å². The maximum atomic E-state index is 12.6. The van der Waals surface area contributed by atoms with E-state index in [4.69, 9.17) is 9.84 Å². The normalized spacial score (nSPS) is 14.4. The van der Waals surface area contributed by atoms with Crippen LogP contribution in [0, 0.1) is 5.92 Å². The van der Waals surface area contributed by atoms with Crippen molar-refractivity contribution in [2.45, 2.75) is 12.8 Å². The summed E-state index contributed by atoms with van der Waals surface area (Å²) in [5.74, 6) is -0.973. The molecule has 1 heterocycles. The SMILES string of the molecule is COc1ccccc1NC(=O)C1CCN(C(=O)c2cccc(C(=O)O)c2)CC1. The molecule has 146 valence electrons. The minimum atomic E-state index is -1.07. The fourth-order valence-electron chi connectivity index (χ4n) is 3.30. The number of para-hydroxylation sites is 2. The van der Waals surface area contributed by atoms with Gasteiger partial charge in [-0.25, -0.2) is 4.79 Å². The molecule has 0 saturated carbocycles. The maximum absolute atomic E-state index is 12.6. The summed E-state index contributed by atoms with van der Waals surface area (Å²) >= 11 is 0. The van der Waals surface area contributed by atoms with Crippen LogP contribution in [0.4, 0.5) is 5.69 Å². The first-order valence-electron chi connectivity index (χ1n) is 9.06. The Morgan fingerprint density at radius 2 is 1.71 bits per heavy atom. The van der Waals surface area contributed by atoms with Crippen molar-refractivity contribution in [2.24, 2.45) is 5.92 Å². The molecule has 7 nitrogen and oxygen atoms in total. The number of amides is 2. The van der Waals surface area contributed by atoms with Crippen LogP contribution in [0.5, 0.6) is 5.75 Å². The van der Waals surface area contributed by atoms with Gasteiger partial charge in [-0.05, 0) is 43.2 Å². The third-order valence-corrected chi connectivity index (χ3v) is 4.87. The predicted octanol–water partition coefficient (Wildman–Crippen LogP) is 2.88. The van der Waals surface area contributed by atoms with Crippen molar-refractivity contribution in [1.29, 1.82) is 0 Å². The number of likely N-dealkylation sites (tertiary alicyclic amines) is 1. The van der Waals surface area contributed by atoms with Crippen molar-refractivity contribution < 1.29 is 24.2 Å². The molecule has 28 heavy (non-hydrogen) atoms. The Kier molecular flexibility index (Phi) is 5.93. The number of anilines is 1. The van der Waals surface area contributed by atoms with Crippen LogP contribution in [0.15, 0.2) is 48.5 Å². The number of hydrogen-bond acceptors (Lipinski definition) is 4. The highest BCUT2D eigenvalue weighted by molar-refractivity contribution is 5.98. The summed E-state index contributed by atoms with van der Waals surface area (Å²) in [7, 11) is 1.55. The monoisotopic (exact) mass is 382 g/mol. The Morgan fingerprint density at radius 3 is 2.39 bits per heavy atom. The molecule has 7 heteroatoms. The molecular formula is C21H22N2O5. The van der Waals surface area contributed by atoms with Gasteiger partial charge in [0, 0.05) is 24.6 Å². The zero-order valence-corrected chi connectivity index (χ0v) is 15.6. The number of carbonyl (C=O) groups excluding carboxylic acids is 2. The highest BCUT2D eigenvalue weighted by Gasteiger charge is 2.28. The molecule has 2 amide bonds. The van der Waals surface area contributed by atoms with Gasteiger partial charge in [0.05, 0.1) is 18.4 Å². The number of methoxy groups -OCH3 is 1. The minimum Gasteiger partial charge on any atom is -0.495 e. The molecule has 1 saturated heterocycles. The summed E-state index contributed by atoms with van der Waals surface area (Å²) in [5, 5.41) is 12.0. The van der Waals surface area contributed by atoms with E-state index < -0.39 is 5.97 Å². The Hall–Kier alpha value is -3.35. The van der Waals surface area contributed by atoms with Crippen molar-refractivity contribution in [2.75, 3.05) is 25.5 Å². The second-order valence-corrected chi connectivity index (χ2v) is 6.64. The van der Waals surface area contributed by atoms with E-state index in [2.05, 4.69) is 5.32 Å². The number of aromatic carboxylic acids is 1. The zero-order valence-electron chi connectivity index (χ0n) is 15.6. The van der Waals surface area contributed by atoms with Gasteiger partial charge in [0.25, 0.3) is 5.91 Å². The quantitative estimate of drug-likeness (QED) is 0.829. The average Bonchev–Trinajstić information content (AvgIpc) is 2.73. The molecule has 0 radical (unpaired) electrons. The number of carbonyl (C=O) groups is 3. The van der Waals surface area contributed by atoms with Gasteiger partial charge in [-0.2, -0.15) is 0 Å². The lowest BCUT2D eigenvalue weighted by Gasteiger charge is -2.31. The van der Waals surface area contributed by atoms with Crippen LogP contribution in [-0.2, 0) is 4.79 Å². The number of carboxylic acids is 1. The standard InChI is InChI=1S/C21H22N2O5/c1-28-18-8-3-2-7-17(18)22-19(24)14-9-11-23(12-10-14)20(25)15-5-4-6-16(13-15)21(26)27/h2-8,13-14H,9-12H2,1H3,(H,22,24)(H,26,27). The molecule has 2 N–H and O–H groups in total. The van der Waals surface area contributed by atoms with E-state index in [1.165, 1.54) is 12.1 Å². The van der Waals surface area contributed by atoms with Gasteiger partial charge in [0.1, 0.15) is 5.75 Å². The van der Waals surface area contributed by atoms with E-state index in [0.29, 0.717) is 42.9 Å². The summed E-state index contributed by atoms with van der Waals surface area (Å²) < 4.78 is 5.25. The molecule has 0 aromatic heterocycles. The Morgan fingerprint density at radius 1 is 1.04 bits per heavy atom. The first kappa shape index (κ1) is 19.4. The molecule has 1 aliphatic rings. The smallest absolute Gasteiger partial charge is 0.335 e. The molecule has 0 spiro atoms. The van der Waals surface area contributed by atoms with Crippen molar-refractivity contribution in [1.82, 2.24) is 4.90 Å². The lowest BCUT2D eigenvalue weighted by Crippen LogP contribution is -2.41. The molecule has 0 aliphatic carbocycles. The summed E-state index contributed by atoms with van der Waals surface area (Å²) in [6.45, 7) is 0.889. The molecule has 3 rings (SSSR count). The van der Waals surface area contributed by atoms with Crippen LogP contribution < -0.4 is 10.1 Å². The van der Waals surface area contributed by atoms with Crippen LogP contribution >= 0.6 is 0 Å². The van der Waals surface area contributed by atoms with E-state index in [1.807, 2.05) is 12.1 Å². The first-order chi connectivity index (χ1) is 13.5. The van der Waals surface area contributed by atoms with Crippen LogP contribution in [0.25, 0.3) is 0 Å². The van der Waals surface area contributed by atoms with E-state index in [1.54, 1.807) is 36.3 Å². The second kappa shape index (κ2) is 8.56. The fraction of sp³-hybridized carbons (Fsp3) is 0.286. The van der Waals surface area contributed by atoms with Gasteiger partial charge in [-0.15, -0.1) is 0 Å². The van der Waals surface area contributed by atoms with Gasteiger partial charge < -0.3 is 20.1 Å². The van der Waals surface area contributed by atoms with Crippen molar-refractivity contribution in [3.05, 3.63) is 59.7 Å². The highest BCUT2D eigenvalue weighted by Crippen LogP contribution is 2.26. The van der Waals surface area contributed by atoms with E-state index >= 15 is 0 Å². The summed E-state index contributed by atoms with van der Waals surface area (Å²) in [6, 6.07) is 13.2. The highest BCUT2D eigenvalue weighted by atomic mass is 16.5. The first-order valence-corrected chi connectivity index (χ1v) is 9.06. The van der Waals surface area contributed by atoms with Crippen molar-refractivity contribution >= 4 is 23.5 Å². The zero-order chi connectivity index (χ0) is 20.1. The second-order valence-electron chi connectivity index (χ2n) is 6.64. The van der Waals surface area contributed by atoms with Gasteiger partial charge in [-0.1, -0.05) is 18.2 Å². The third-order valence-electron chi connectivity index (χ3n) is 4.87. The summed E-state index contributed by atoms with van der Waals surface area (Å²) in [6.07, 6.45) is 1.09. The number of nitrogens with one attached hydrogen (secondary N) is 1. The lowest BCUT2D eigenvalue weighted by molar-refractivity contribution is -0.121. The number of piperidine rings is 1. The number of nitrogens with zero attached hydrogens (tertiary/aromatic N) is 1. The van der Waals surface area contributed by atoms with Crippen LogP contribution in [0.1, 0.15) is 33.6 Å². The number of carboxylic acid groups (broad SMARTS) is 1. The Balaban J connectivity index is 1.59. The molecule has 2 aromatic carbocycles. The van der Waals surface area contributed by atoms with Gasteiger partial charge >= 0.3 is 5.97 Å².